The average Bonchev–Trinajstić information content (AvgIpc) is 3.09. The number of hydrogen-bond acceptors (Lipinski definition) is 4. The van der Waals surface area contributed by atoms with E-state index in [0.717, 1.165) is 44.6 Å². The summed E-state index contributed by atoms with van der Waals surface area (Å²) in [5.74, 6) is 0.655. The molecule has 0 aliphatic carbocycles. The van der Waals surface area contributed by atoms with Gasteiger partial charge in [0, 0.05) is 41.1 Å². The molecule has 1 aromatic heterocycles. The molecule has 0 unspecified atom stereocenters. The molecule has 1 aromatic rings. The van der Waals surface area contributed by atoms with E-state index in [4.69, 9.17) is 4.74 Å². The van der Waals surface area contributed by atoms with Gasteiger partial charge in [0.2, 0.25) is 5.91 Å². The Morgan fingerprint density at radius 1 is 1.29 bits per heavy atom. The maximum atomic E-state index is 13.3. The molecule has 0 aromatic carbocycles. The molecule has 0 saturated carbocycles. The van der Waals surface area contributed by atoms with Crippen LogP contribution in [0.2, 0.25) is 0 Å². The van der Waals surface area contributed by atoms with Crippen LogP contribution in [-0.4, -0.2) is 53.2 Å². The molecular formula is C21H37FN3O2V-. The summed E-state index contributed by atoms with van der Waals surface area (Å²) in [6.07, 6.45) is 5.43. The van der Waals surface area contributed by atoms with Crippen molar-refractivity contribution in [3.63, 3.8) is 0 Å². The van der Waals surface area contributed by atoms with Gasteiger partial charge < -0.3 is 22.0 Å². The first kappa shape index (κ1) is 24.9. The Labute approximate surface area is 183 Å². The van der Waals surface area contributed by atoms with Gasteiger partial charge >= 0.3 is 0 Å². The second kappa shape index (κ2) is 10.1. The number of carbonyl (C=O) groups is 1. The van der Waals surface area contributed by atoms with Crippen LogP contribution in [-0.2, 0) is 28.1 Å². The van der Waals surface area contributed by atoms with E-state index < -0.39 is 0 Å². The number of carbonyl (C=O) groups excluding carboxylic acids is 1. The molecule has 161 valence electrons. The first-order valence-corrected chi connectivity index (χ1v) is 9.76. The van der Waals surface area contributed by atoms with Crippen molar-refractivity contribution in [1.82, 2.24) is 9.88 Å². The monoisotopic (exact) mass is 433 g/mol. The van der Waals surface area contributed by atoms with Gasteiger partial charge in [-0.3, -0.25) is 4.79 Å². The number of likely N-dealkylation sites (tertiary alicyclic amines) is 1. The van der Waals surface area contributed by atoms with Crippen molar-refractivity contribution in [3.05, 3.63) is 31.6 Å². The number of aromatic nitrogens is 1. The summed E-state index contributed by atoms with van der Waals surface area (Å²) in [5.41, 5.74) is -0.364. The van der Waals surface area contributed by atoms with Gasteiger partial charge in [0.1, 0.15) is 11.6 Å². The molecule has 2 fully saturated rings. The van der Waals surface area contributed by atoms with Crippen molar-refractivity contribution in [1.29, 1.82) is 0 Å². The molecule has 7 heteroatoms. The minimum absolute atomic E-state index is 0. The summed E-state index contributed by atoms with van der Waals surface area (Å²) >= 11 is 0. The molecule has 0 bridgehead atoms. The Hall–Kier alpha value is -1.11. The van der Waals surface area contributed by atoms with Crippen LogP contribution in [0, 0.1) is 13.2 Å². The van der Waals surface area contributed by atoms with Gasteiger partial charge in [0.05, 0.1) is 30.3 Å². The molecule has 3 rings (SSSR count). The summed E-state index contributed by atoms with van der Waals surface area (Å²) in [4.78, 5) is 21.5. The third-order valence-corrected chi connectivity index (χ3v) is 6.37. The van der Waals surface area contributed by atoms with Crippen LogP contribution in [0.25, 0.3) is 0 Å². The molecule has 5 nitrogen and oxygen atoms in total. The van der Waals surface area contributed by atoms with E-state index in [1.54, 1.807) is 6.07 Å². The van der Waals surface area contributed by atoms with Gasteiger partial charge in [-0.15, -0.1) is 0 Å². The number of nitrogens with zero attached hydrogens (tertiary/aromatic N) is 3. The SMILES string of the molecule is CCCOCCC(=O)N1CC[C@@]2(CC)N(c3ccc(F)cn3)CC[C@@]12C.[CH3-].[HH].[HH].[V]. The molecular weight excluding hydrogens is 396 g/mol. The quantitative estimate of drug-likeness (QED) is 0.474. The third-order valence-electron chi connectivity index (χ3n) is 6.37. The van der Waals surface area contributed by atoms with Crippen molar-refractivity contribution in [3.8, 4) is 0 Å². The number of fused-ring (bicyclic) bond motifs is 1. The molecule has 0 N–H and O–H groups in total. The predicted octanol–water partition coefficient (Wildman–Crippen LogP) is 4.33. The zero-order chi connectivity index (χ0) is 18.8. The Kier molecular flexibility index (Phi) is 8.98. The van der Waals surface area contributed by atoms with Gasteiger partial charge in [0.25, 0.3) is 0 Å². The van der Waals surface area contributed by atoms with E-state index in [2.05, 4.69) is 35.6 Å². The average molecular weight is 433 g/mol. The van der Waals surface area contributed by atoms with Crippen molar-refractivity contribution < 1.29 is 35.3 Å². The summed E-state index contributed by atoms with van der Waals surface area (Å²) < 4.78 is 18.8. The van der Waals surface area contributed by atoms with E-state index in [-0.39, 0.29) is 51.6 Å². The summed E-state index contributed by atoms with van der Waals surface area (Å²) in [6.45, 7) is 9.23. The second-order valence-corrected chi connectivity index (χ2v) is 7.55. The van der Waals surface area contributed by atoms with Crippen LogP contribution < -0.4 is 4.90 Å². The number of pyridine rings is 1. The molecule has 1 radical (unpaired) electrons. The fraction of sp³-hybridized carbons (Fsp3) is 0.667. The van der Waals surface area contributed by atoms with Crippen LogP contribution in [0.15, 0.2) is 18.3 Å². The van der Waals surface area contributed by atoms with Crippen molar-refractivity contribution in [2.75, 3.05) is 31.2 Å². The number of amides is 1. The number of halogens is 1. The third kappa shape index (κ3) is 4.10. The molecule has 2 aliphatic heterocycles. The van der Waals surface area contributed by atoms with E-state index in [1.165, 1.54) is 12.3 Å². The van der Waals surface area contributed by atoms with Crippen LogP contribution in [0.1, 0.15) is 55.7 Å². The summed E-state index contributed by atoms with van der Waals surface area (Å²) in [6, 6.07) is 3.21. The number of ether oxygens (including phenoxy) is 1. The maximum absolute atomic E-state index is 13.3. The Balaban J connectivity index is 0. The first-order valence-electron chi connectivity index (χ1n) is 9.76. The van der Waals surface area contributed by atoms with Crippen LogP contribution in [0.4, 0.5) is 10.2 Å². The number of anilines is 1. The fourth-order valence-electron chi connectivity index (χ4n) is 4.95. The minimum atomic E-state index is -0.323. The molecule has 2 aliphatic rings. The Morgan fingerprint density at radius 2 is 2.04 bits per heavy atom. The second-order valence-electron chi connectivity index (χ2n) is 7.55. The first-order chi connectivity index (χ1) is 12.5. The molecule has 28 heavy (non-hydrogen) atoms. The van der Waals surface area contributed by atoms with Gasteiger partial charge in [0.15, 0.2) is 0 Å². The van der Waals surface area contributed by atoms with Crippen LogP contribution in [0.5, 0.6) is 0 Å². The van der Waals surface area contributed by atoms with E-state index in [9.17, 15) is 9.18 Å². The van der Waals surface area contributed by atoms with Crippen molar-refractivity contribution in [2.24, 2.45) is 0 Å². The molecule has 2 atom stereocenters. The van der Waals surface area contributed by atoms with E-state index in [0.29, 0.717) is 19.6 Å². The number of rotatable bonds is 7. The maximum Gasteiger partial charge on any atom is 0.225 e. The Bertz CT molecular complexity index is 656. The van der Waals surface area contributed by atoms with Crippen LogP contribution in [0.3, 0.4) is 0 Å². The topological polar surface area (TPSA) is 45.7 Å². The van der Waals surface area contributed by atoms with Crippen LogP contribution >= 0.6 is 0 Å². The van der Waals surface area contributed by atoms with Gasteiger partial charge in [-0.05, 0) is 44.7 Å². The van der Waals surface area contributed by atoms with Gasteiger partial charge in [-0.25, -0.2) is 9.37 Å². The van der Waals surface area contributed by atoms with Crippen molar-refractivity contribution in [2.45, 2.75) is 64.0 Å². The van der Waals surface area contributed by atoms with E-state index >= 15 is 0 Å². The normalized spacial score (nSPS) is 25.9. The molecule has 1 amide bonds. The zero-order valence-corrected chi connectivity index (χ0v) is 19.0. The minimum Gasteiger partial charge on any atom is -0.381 e. The molecule has 2 saturated heterocycles. The molecule has 0 spiro atoms. The van der Waals surface area contributed by atoms with Crippen molar-refractivity contribution >= 4 is 11.7 Å². The Morgan fingerprint density at radius 3 is 2.64 bits per heavy atom. The largest absolute Gasteiger partial charge is 0.381 e. The summed E-state index contributed by atoms with van der Waals surface area (Å²) in [7, 11) is 0. The van der Waals surface area contributed by atoms with Gasteiger partial charge in [-0.1, -0.05) is 13.8 Å². The molecule has 3 heterocycles. The smallest absolute Gasteiger partial charge is 0.225 e. The fourth-order valence-corrected chi connectivity index (χ4v) is 4.95. The predicted molar refractivity (Wildman–Crippen MR) is 110 cm³/mol. The van der Waals surface area contributed by atoms with E-state index in [1.807, 2.05) is 0 Å². The number of hydrogen-bond donors (Lipinski definition) is 0. The summed E-state index contributed by atoms with van der Waals surface area (Å²) in [5, 5.41) is 0. The van der Waals surface area contributed by atoms with Gasteiger partial charge in [-0.2, -0.15) is 0 Å². The zero-order valence-electron chi connectivity index (χ0n) is 17.6. The standard InChI is InChI=1S/C20H30FN3O2.CH3.V.2H2/c1-4-13-26-14-8-18(25)24-12-10-20(5-2)19(24,3)9-11-23(20)17-7-6-16(21)15-22-17;;;;/h6-7,15H,4-5,8-14H2,1-3H3;1H3;;2*1H/q;-1;;;/t19-,20-;;;;/m1..../s1.